The lowest BCUT2D eigenvalue weighted by Gasteiger charge is -2.13. The van der Waals surface area contributed by atoms with Crippen molar-refractivity contribution < 1.29 is 14.3 Å². The second-order valence-electron chi connectivity index (χ2n) is 6.37. The van der Waals surface area contributed by atoms with Crippen LogP contribution in [0.1, 0.15) is 30.4 Å². The van der Waals surface area contributed by atoms with Gasteiger partial charge in [-0.15, -0.1) is 0 Å². The van der Waals surface area contributed by atoms with Crippen molar-refractivity contribution in [1.29, 1.82) is 0 Å². The molecule has 28 heavy (non-hydrogen) atoms. The van der Waals surface area contributed by atoms with E-state index in [0.717, 1.165) is 3.57 Å². The minimum absolute atomic E-state index is 0.00552. The van der Waals surface area contributed by atoms with Gasteiger partial charge in [-0.25, -0.2) is 9.48 Å². The molecule has 0 aliphatic carbocycles. The Morgan fingerprint density at radius 2 is 1.75 bits per heavy atom. The van der Waals surface area contributed by atoms with E-state index >= 15 is 0 Å². The zero-order valence-electron chi connectivity index (χ0n) is 15.3. The van der Waals surface area contributed by atoms with Crippen LogP contribution < -0.4 is 10.9 Å². The normalized spacial score (nSPS) is 10.9. The number of amides is 1. The van der Waals surface area contributed by atoms with Crippen molar-refractivity contribution in [3.05, 3.63) is 68.1 Å². The largest absolute Gasteiger partial charge is 0.451 e. The molecule has 0 saturated heterocycles. The fourth-order valence-corrected chi connectivity index (χ4v) is 3.00. The SMILES string of the molecule is CC(C)n1nc(C(=O)OCC(=O)Nc2ccc(I)cc2)c2ccccc2c1=O. The van der Waals surface area contributed by atoms with Crippen LogP contribution in [-0.2, 0) is 9.53 Å². The number of benzene rings is 2. The summed E-state index contributed by atoms with van der Waals surface area (Å²) in [5.74, 6) is -1.22. The van der Waals surface area contributed by atoms with E-state index in [2.05, 4.69) is 33.0 Å². The van der Waals surface area contributed by atoms with Gasteiger partial charge in [0.1, 0.15) is 0 Å². The molecule has 1 aromatic heterocycles. The molecule has 0 radical (unpaired) electrons. The number of anilines is 1. The maximum Gasteiger partial charge on any atom is 0.359 e. The molecule has 0 aliphatic heterocycles. The first-order valence-corrected chi connectivity index (χ1v) is 9.69. The first-order valence-electron chi connectivity index (χ1n) is 8.61. The number of hydrogen-bond acceptors (Lipinski definition) is 5. The van der Waals surface area contributed by atoms with E-state index in [-0.39, 0.29) is 17.3 Å². The van der Waals surface area contributed by atoms with E-state index < -0.39 is 18.5 Å². The van der Waals surface area contributed by atoms with Gasteiger partial charge in [-0.1, -0.05) is 18.2 Å². The second-order valence-corrected chi connectivity index (χ2v) is 7.61. The number of halogens is 1. The summed E-state index contributed by atoms with van der Waals surface area (Å²) in [4.78, 5) is 37.1. The van der Waals surface area contributed by atoms with Crippen LogP contribution in [0.2, 0.25) is 0 Å². The van der Waals surface area contributed by atoms with Crippen molar-refractivity contribution in [2.24, 2.45) is 0 Å². The van der Waals surface area contributed by atoms with Crippen LogP contribution in [0.25, 0.3) is 10.8 Å². The first kappa shape index (κ1) is 20.0. The molecule has 2 aromatic carbocycles. The molecule has 0 bridgehead atoms. The average Bonchev–Trinajstić information content (AvgIpc) is 2.68. The van der Waals surface area contributed by atoms with Crippen molar-refractivity contribution in [1.82, 2.24) is 9.78 Å². The van der Waals surface area contributed by atoms with Gasteiger partial charge in [-0.2, -0.15) is 5.10 Å². The molecule has 1 heterocycles. The van der Waals surface area contributed by atoms with Gasteiger partial charge >= 0.3 is 5.97 Å². The molecule has 1 amide bonds. The molecule has 7 nitrogen and oxygen atoms in total. The molecule has 0 fully saturated rings. The summed E-state index contributed by atoms with van der Waals surface area (Å²) in [6.07, 6.45) is 0. The fraction of sp³-hybridized carbons (Fsp3) is 0.200. The molecule has 0 saturated carbocycles. The Bertz CT molecular complexity index is 1090. The Morgan fingerprint density at radius 3 is 2.39 bits per heavy atom. The third-order valence-electron chi connectivity index (χ3n) is 3.97. The van der Waals surface area contributed by atoms with E-state index in [1.807, 2.05) is 12.1 Å². The van der Waals surface area contributed by atoms with E-state index in [9.17, 15) is 14.4 Å². The van der Waals surface area contributed by atoms with E-state index in [0.29, 0.717) is 16.5 Å². The van der Waals surface area contributed by atoms with Gasteiger partial charge in [-0.3, -0.25) is 9.59 Å². The van der Waals surface area contributed by atoms with Crippen molar-refractivity contribution in [3.8, 4) is 0 Å². The van der Waals surface area contributed by atoms with Crippen LogP contribution in [-0.4, -0.2) is 28.3 Å². The molecule has 3 rings (SSSR count). The van der Waals surface area contributed by atoms with Crippen molar-refractivity contribution in [3.63, 3.8) is 0 Å². The monoisotopic (exact) mass is 491 g/mol. The van der Waals surface area contributed by atoms with Crippen LogP contribution in [0.3, 0.4) is 0 Å². The van der Waals surface area contributed by atoms with Crippen molar-refractivity contribution >= 4 is 50.9 Å². The summed E-state index contributed by atoms with van der Waals surface area (Å²) in [6, 6.07) is 13.7. The zero-order valence-corrected chi connectivity index (χ0v) is 17.5. The summed E-state index contributed by atoms with van der Waals surface area (Å²) in [5.41, 5.74) is 0.336. The maximum atomic E-state index is 12.6. The molecule has 0 unspecified atom stereocenters. The van der Waals surface area contributed by atoms with Crippen LogP contribution in [0, 0.1) is 3.57 Å². The highest BCUT2D eigenvalue weighted by atomic mass is 127. The Labute approximate surface area is 174 Å². The number of ether oxygens (including phenoxy) is 1. The van der Waals surface area contributed by atoms with Crippen molar-refractivity contribution in [2.45, 2.75) is 19.9 Å². The molecular weight excluding hydrogens is 473 g/mol. The zero-order chi connectivity index (χ0) is 20.3. The Balaban J connectivity index is 1.79. The smallest absolute Gasteiger partial charge is 0.359 e. The molecule has 3 aromatic rings. The number of esters is 1. The lowest BCUT2D eigenvalue weighted by molar-refractivity contribution is -0.119. The lowest BCUT2D eigenvalue weighted by atomic mass is 10.1. The van der Waals surface area contributed by atoms with Gasteiger partial charge in [0.25, 0.3) is 11.5 Å². The minimum Gasteiger partial charge on any atom is -0.451 e. The number of nitrogens with one attached hydrogen (secondary N) is 1. The van der Waals surface area contributed by atoms with Gasteiger partial charge in [0.15, 0.2) is 12.3 Å². The molecular formula is C20H18IN3O4. The van der Waals surface area contributed by atoms with Crippen LogP contribution in [0.15, 0.2) is 53.3 Å². The van der Waals surface area contributed by atoms with E-state index in [1.54, 1.807) is 50.2 Å². The highest BCUT2D eigenvalue weighted by Crippen LogP contribution is 2.16. The average molecular weight is 491 g/mol. The standard InChI is InChI=1S/C20H18IN3O4/c1-12(2)24-19(26)16-6-4-3-5-15(16)18(23-24)20(27)28-11-17(25)22-14-9-7-13(21)8-10-14/h3-10,12H,11H2,1-2H3,(H,22,25). The topological polar surface area (TPSA) is 90.3 Å². The number of rotatable bonds is 5. The number of hydrogen-bond donors (Lipinski definition) is 1. The predicted molar refractivity (Wildman–Crippen MR) is 114 cm³/mol. The summed E-state index contributed by atoms with van der Waals surface area (Å²) < 4.78 is 7.42. The Morgan fingerprint density at radius 1 is 1.11 bits per heavy atom. The Hall–Kier alpha value is -2.75. The van der Waals surface area contributed by atoms with Gasteiger partial charge < -0.3 is 10.1 Å². The number of aromatic nitrogens is 2. The lowest BCUT2D eigenvalue weighted by Crippen LogP contribution is -2.28. The summed E-state index contributed by atoms with van der Waals surface area (Å²) in [7, 11) is 0. The van der Waals surface area contributed by atoms with Gasteiger partial charge in [0.05, 0.1) is 11.4 Å². The second kappa shape index (κ2) is 8.51. The van der Waals surface area contributed by atoms with Gasteiger partial charge in [-0.05, 0) is 66.8 Å². The van der Waals surface area contributed by atoms with Crippen LogP contribution >= 0.6 is 22.6 Å². The number of carbonyl (C=O) groups excluding carboxylic acids is 2. The highest BCUT2D eigenvalue weighted by Gasteiger charge is 2.19. The van der Waals surface area contributed by atoms with Gasteiger partial charge in [0.2, 0.25) is 0 Å². The fourth-order valence-electron chi connectivity index (χ4n) is 2.64. The Kier molecular flexibility index (Phi) is 6.08. The third kappa shape index (κ3) is 4.38. The number of fused-ring (bicyclic) bond motifs is 1. The van der Waals surface area contributed by atoms with Gasteiger partial charge in [0, 0.05) is 14.6 Å². The quantitative estimate of drug-likeness (QED) is 0.437. The van der Waals surface area contributed by atoms with E-state index in [4.69, 9.17) is 4.74 Å². The summed E-state index contributed by atoms with van der Waals surface area (Å²) in [5, 5.41) is 7.60. The van der Waals surface area contributed by atoms with Crippen molar-refractivity contribution in [2.75, 3.05) is 11.9 Å². The molecule has 8 heteroatoms. The molecule has 0 spiro atoms. The molecule has 1 N–H and O–H groups in total. The van der Waals surface area contributed by atoms with Crippen LogP contribution in [0.4, 0.5) is 5.69 Å². The first-order chi connectivity index (χ1) is 13.4. The van der Waals surface area contributed by atoms with E-state index in [1.165, 1.54) is 4.68 Å². The number of carbonyl (C=O) groups is 2. The highest BCUT2D eigenvalue weighted by molar-refractivity contribution is 14.1. The number of nitrogens with zero attached hydrogens (tertiary/aromatic N) is 2. The predicted octanol–water partition coefficient (Wildman–Crippen LogP) is 3.38. The third-order valence-corrected chi connectivity index (χ3v) is 4.69. The minimum atomic E-state index is -0.761. The summed E-state index contributed by atoms with van der Waals surface area (Å²) >= 11 is 2.16. The summed E-state index contributed by atoms with van der Waals surface area (Å²) in [6.45, 7) is 3.14. The maximum absolute atomic E-state index is 12.6. The molecule has 0 atom stereocenters. The molecule has 0 aliphatic rings. The molecule has 144 valence electrons. The van der Waals surface area contributed by atoms with Crippen LogP contribution in [0.5, 0.6) is 0 Å².